The van der Waals surface area contributed by atoms with Gasteiger partial charge in [-0.1, -0.05) is 0 Å². The van der Waals surface area contributed by atoms with E-state index in [1.807, 2.05) is 26.0 Å². The number of hydrogen-bond donors (Lipinski definition) is 0. The molecule has 0 saturated carbocycles. The van der Waals surface area contributed by atoms with Crippen molar-refractivity contribution in [2.24, 2.45) is 0 Å². The molecule has 0 fully saturated rings. The number of aldehydes is 1. The first-order valence-electron chi connectivity index (χ1n) is 5.64. The highest BCUT2D eigenvalue weighted by molar-refractivity contribution is 5.77. The molecular weight excluding hydrogens is 219 g/mol. The van der Waals surface area contributed by atoms with Crippen LogP contribution >= 0.6 is 0 Å². The van der Waals surface area contributed by atoms with Gasteiger partial charge in [0.15, 0.2) is 0 Å². The highest BCUT2D eigenvalue weighted by atomic mass is 19.1. The molecule has 17 heavy (non-hydrogen) atoms. The smallest absolute Gasteiger partial charge is 0.150 e. The third-order valence-electron chi connectivity index (χ3n) is 2.58. The van der Waals surface area contributed by atoms with Gasteiger partial charge in [-0.15, -0.1) is 0 Å². The average Bonchev–Trinajstić information content (AvgIpc) is 2.27. The van der Waals surface area contributed by atoms with Gasteiger partial charge in [0, 0.05) is 24.8 Å². The van der Waals surface area contributed by atoms with E-state index < -0.39 is 0 Å². The van der Waals surface area contributed by atoms with Crippen molar-refractivity contribution in [3.63, 3.8) is 0 Å². The van der Waals surface area contributed by atoms with Crippen LogP contribution in [-0.4, -0.2) is 45.4 Å². The first-order valence-corrected chi connectivity index (χ1v) is 5.64. The molecule has 4 heteroatoms. The Morgan fingerprint density at radius 2 is 1.88 bits per heavy atom. The Hall–Kier alpha value is -1.42. The predicted molar refractivity (Wildman–Crippen MR) is 68.2 cm³/mol. The number of carbonyl (C=O) groups excluding carboxylic acids is 1. The van der Waals surface area contributed by atoms with Crippen LogP contribution in [0.3, 0.4) is 0 Å². The summed E-state index contributed by atoms with van der Waals surface area (Å²) in [6.45, 7) is 1.82. The summed E-state index contributed by atoms with van der Waals surface area (Å²) in [6.07, 6.45) is 1.66. The molecule has 1 aromatic rings. The van der Waals surface area contributed by atoms with Gasteiger partial charge in [0.05, 0.1) is 0 Å². The van der Waals surface area contributed by atoms with Gasteiger partial charge in [-0.2, -0.15) is 0 Å². The second-order valence-corrected chi connectivity index (χ2v) is 4.44. The molecule has 0 aliphatic rings. The van der Waals surface area contributed by atoms with E-state index in [1.165, 1.54) is 12.1 Å². The zero-order valence-corrected chi connectivity index (χ0v) is 10.6. The molecule has 94 valence electrons. The summed E-state index contributed by atoms with van der Waals surface area (Å²) in [4.78, 5) is 14.7. The molecule has 0 saturated heterocycles. The van der Waals surface area contributed by atoms with Gasteiger partial charge in [-0.25, -0.2) is 4.39 Å². The minimum atomic E-state index is -0.371. The number of hydrogen-bond acceptors (Lipinski definition) is 3. The Morgan fingerprint density at radius 1 is 1.18 bits per heavy atom. The molecule has 0 bridgehead atoms. The standard InChI is InChI=1S/C13H19FN2O/c1-15(2)5-4-6-16(3)13-8-11(10-17)7-12(14)9-13/h7-10H,4-6H2,1-3H3. The zero-order chi connectivity index (χ0) is 12.8. The van der Waals surface area contributed by atoms with Crippen LogP contribution in [0.25, 0.3) is 0 Å². The van der Waals surface area contributed by atoms with Crippen LogP contribution in [0.5, 0.6) is 0 Å². The number of rotatable bonds is 6. The highest BCUT2D eigenvalue weighted by Gasteiger charge is 2.05. The molecule has 1 rings (SSSR count). The minimum absolute atomic E-state index is 0.371. The fraction of sp³-hybridized carbons (Fsp3) is 0.462. The van der Waals surface area contributed by atoms with Crippen molar-refractivity contribution in [3.05, 3.63) is 29.6 Å². The summed E-state index contributed by atoms with van der Waals surface area (Å²) in [5.74, 6) is -0.371. The average molecular weight is 238 g/mol. The third-order valence-corrected chi connectivity index (χ3v) is 2.58. The van der Waals surface area contributed by atoms with Gasteiger partial charge in [-0.05, 0) is 45.3 Å². The summed E-state index contributed by atoms with van der Waals surface area (Å²) in [5.41, 5.74) is 1.12. The first kappa shape index (κ1) is 13.6. The lowest BCUT2D eigenvalue weighted by Gasteiger charge is -2.20. The van der Waals surface area contributed by atoms with E-state index in [-0.39, 0.29) is 5.82 Å². The molecule has 0 heterocycles. The Morgan fingerprint density at radius 3 is 2.47 bits per heavy atom. The maximum Gasteiger partial charge on any atom is 0.150 e. The molecule has 0 aliphatic heterocycles. The highest BCUT2D eigenvalue weighted by Crippen LogP contribution is 2.16. The van der Waals surface area contributed by atoms with Crippen LogP contribution in [0.4, 0.5) is 10.1 Å². The lowest BCUT2D eigenvalue weighted by Crippen LogP contribution is -2.23. The minimum Gasteiger partial charge on any atom is -0.374 e. The van der Waals surface area contributed by atoms with E-state index in [1.54, 1.807) is 6.07 Å². The second-order valence-electron chi connectivity index (χ2n) is 4.44. The molecule has 0 radical (unpaired) electrons. The quantitative estimate of drug-likeness (QED) is 0.708. The van der Waals surface area contributed by atoms with Gasteiger partial charge in [0.25, 0.3) is 0 Å². The van der Waals surface area contributed by atoms with E-state index >= 15 is 0 Å². The molecule has 0 N–H and O–H groups in total. The third kappa shape index (κ3) is 4.53. The van der Waals surface area contributed by atoms with Gasteiger partial charge in [0.1, 0.15) is 12.1 Å². The number of anilines is 1. The van der Waals surface area contributed by atoms with Crippen LogP contribution in [0.1, 0.15) is 16.8 Å². The molecule has 0 aromatic heterocycles. The van der Waals surface area contributed by atoms with Crippen molar-refractivity contribution in [2.45, 2.75) is 6.42 Å². The van der Waals surface area contributed by atoms with Crippen LogP contribution in [0.15, 0.2) is 18.2 Å². The van der Waals surface area contributed by atoms with Crippen LogP contribution < -0.4 is 4.90 Å². The molecular formula is C13H19FN2O. The van der Waals surface area contributed by atoms with Crippen molar-refractivity contribution in [1.29, 1.82) is 0 Å². The summed E-state index contributed by atoms with van der Waals surface area (Å²) in [7, 11) is 5.94. The van der Waals surface area contributed by atoms with E-state index in [4.69, 9.17) is 0 Å². The summed E-state index contributed by atoms with van der Waals surface area (Å²) >= 11 is 0. The van der Waals surface area contributed by atoms with Crippen molar-refractivity contribution < 1.29 is 9.18 Å². The van der Waals surface area contributed by atoms with E-state index in [9.17, 15) is 9.18 Å². The summed E-state index contributed by atoms with van der Waals surface area (Å²) < 4.78 is 13.2. The van der Waals surface area contributed by atoms with Gasteiger partial charge < -0.3 is 9.80 Å². The molecule has 0 amide bonds. The first-order chi connectivity index (χ1) is 8.02. The lowest BCUT2D eigenvalue weighted by atomic mass is 10.2. The molecule has 1 aromatic carbocycles. The number of benzene rings is 1. The van der Waals surface area contributed by atoms with Crippen molar-refractivity contribution in [3.8, 4) is 0 Å². The van der Waals surface area contributed by atoms with Crippen LogP contribution in [0, 0.1) is 5.82 Å². The number of carbonyl (C=O) groups is 1. The second kappa shape index (κ2) is 6.35. The van der Waals surface area contributed by atoms with Gasteiger partial charge in [-0.3, -0.25) is 4.79 Å². The Labute approximate surface area is 102 Å². The van der Waals surface area contributed by atoms with E-state index in [2.05, 4.69) is 4.90 Å². The topological polar surface area (TPSA) is 23.6 Å². The number of nitrogens with zero attached hydrogens (tertiary/aromatic N) is 2. The normalized spacial score (nSPS) is 10.6. The zero-order valence-electron chi connectivity index (χ0n) is 10.6. The Bertz CT molecular complexity index is 380. The maximum atomic E-state index is 13.2. The fourth-order valence-corrected chi connectivity index (χ4v) is 1.64. The molecule has 0 atom stereocenters. The van der Waals surface area contributed by atoms with Crippen molar-refractivity contribution in [1.82, 2.24) is 4.90 Å². The summed E-state index contributed by atoms with van der Waals surface area (Å²) in [6, 6.07) is 4.39. The summed E-state index contributed by atoms with van der Waals surface area (Å²) in [5, 5.41) is 0. The van der Waals surface area contributed by atoms with Crippen LogP contribution in [0.2, 0.25) is 0 Å². The Balaban J connectivity index is 2.64. The largest absolute Gasteiger partial charge is 0.374 e. The fourth-order valence-electron chi connectivity index (χ4n) is 1.64. The van der Waals surface area contributed by atoms with E-state index in [0.29, 0.717) is 11.8 Å². The van der Waals surface area contributed by atoms with Crippen LogP contribution in [-0.2, 0) is 0 Å². The SMILES string of the molecule is CN(C)CCCN(C)c1cc(F)cc(C=O)c1. The lowest BCUT2D eigenvalue weighted by molar-refractivity contribution is 0.112. The molecule has 0 unspecified atom stereocenters. The predicted octanol–water partition coefficient (Wildman–Crippen LogP) is 2.03. The van der Waals surface area contributed by atoms with Crippen molar-refractivity contribution >= 4 is 12.0 Å². The Kier molecular flexibility index (Phi) is 5.10. The molecule has 0 spiro atoms. The molecule has 3 nitrogen and oxygen atoms in total. The van der Waals surface area contributed by atoms with Gasteiger partial charge >= 0.3 is 0 Å². The van der Waals surface area contributed by atoms with Gasteiger partial charge in [0.2, 0.25) is 0 Å². The maximum absolute atomic E-state index is 13.2. The van der Waals surface area contributed by atoms with Crippen molar-refractivity contribution in [2.75, 3.05) is 39.1 Å². The number of halogens is 1. The molecule has 0 aliphatic carbocycles. The van der Waals surface area contributed by atoms with E-state index in [0.717, 1.165) is 25.2 Å². The monoisotopic (exact) mass is 238 g/mol.